The van der Waals surface area contributed by atoms with E-state index in [2.05, 4.69) is 15.9 Å². The van der Waals surface area contributed by atoms with E-state index >= 15 is 0 Å². The van der Waals surface area contributed by atoms with E-state index in [1.807, 2.05) is 20.8 Å². The molecule has 1 saturated carbocycles. The van der Waals surface area contributed by atoms with Crippen molar-refractivity contribution < 1.29 is 14.3 Å². The van der Waals surface area contributed by atoms with E-state index in [1.54, 1.807) is 4.90 Å². The van der Waals surface area contributed by atoms with Crippen molar-refractivity contribution in [2.45, 2.75) is 75.6 Å². The third-order valence-corrected chi connectivity index (χ3v) is 4.21. The Morgan fingerprint density at radius 3 is 2.53 bits per heavy atom. The van der Waals surface area contributed by atoms with Crippen molar-refractivity contribution in [2.24, 2.45) is 0 Å². The number of halogens is 1. The smallest absolute Gasteiger partial charge is 0.412 e. The SMILES string of the molecule is CC(C)(C)OC(=O)N1CCCCC1OC1CC(Br)C1. The van der Waals surface area contributed by atoms with Gasteiger partial charge in [0.1, 0.15) is 11.8 Å². The van der Waals surface area contributed by atoms with Crippen molar-refractivity contribution in [2.75, 3.05) is 6.54 Å². The number of carbonyl (C=O) groups is 1. The van der Waals surface area contributed by atoms with Crippen molar-refractivity contribution >= 4 is 22.0 Å². The first-order chi connectivity index (χ1) is 8.85. The second kappa shape index (κ2) is 6.00. The largest absolute Gasteiger partial charge is 0.444 e. The van der Waals surface area contributed by atoms with E-state index in [0.29, 0.717) is 4.83 Å². The second-order valence-corrected chi connectivity index (χ2v) is 7.75. The monoisotopic (exact) mass is 333 g/mol. The maximum Gasteiger partial charge on any atom is 0.412 e. The fourth-order valence-corrected chi connectivity index (χ4v) is 3.24. The van der Waals surface area contributed by atoms with Gasteiger partial charge in [0, 0.05) is 11.4 Å². The van der Waals surface area contributed by atoms with Gasteiger partial charge < -0.3 is 9.47 Å². The topological polar surface area (TPSA) is 38.8 Å². The molecule has 0 aromatic heterocycles. The molecule has 5 heteroatoms. The Labute approximate surface area is 123 Å². The van der Waals surface area contributed by atoms with Crippen LogP contribution in [0.1, 0.15) is 52.9 Å². The Bertz CT molecular complexity index is 323. The molecule has 1 aliphatic heterocycles. The molecule has 2 aliphatic rings. The highest BCUT2D eigenvalue weighted by Gasteiger charge is 2.36. The molecule has 1 heterocycles. The summed E-state index contributed by atoms with van der Waals surface area (Å²) in [5.41, 5.74) is -0.448. The van der Waals surface area contributed by atoms with Crippen LogP contribution in [0.2, 0.25) is 0 Å². The molecule has 0 radical (unpaired) electrons. The van der Waals surface area contributed by atoms with Crippen LogP contribution < -0.4 is 0 Å². The number of rotatable bonds is 2. The van der Waals surface area contributed by atoms with E-state index in [1.165, 1.54) is 0 Å². The minimum atomic E-state index is -0.448. The lowest BCUT2D eigenvalue weighted by molar-refractivity contribution is -0.131. The van der Waals surface area contributed by atoms with E-state index in [-0.39, 0.29) is 18.4 Å². The average molecular weight is 334 g/mol. The Hall–Kier alpha value is -0.290. The molecule has 0 N–H and O–H groups in total. The molecule has 2 fully saturated rings. The number of amides is 1. The van der Waals surface area contributed by atoms with Crippen LogP contribution in [0.4, 0.5) is 4.79 Å². The molecule has 0 aromatic rings. The van der Waals surface area contributed by atoms with Crippen LogP contribution in [0, 0.1) is 0 Å². The van der Waals surface area contributed by atoms with Crippen LogP contribution >= 0.6 is 15.9 Å². The molecular formula is C14H24BrNO3. The van der Waals surface area contributed by atoms with Crippen molar-refractivity contribution in [1.29, 1.82) is 0 Å². The molecule has 0 bridgehead atoms. The Kier molecular flexibility index (Phi) is 4.77. The van der Waals surface area contributed by atoms with Gasteiger partial charge in [-0.15, -0.1) is 0 Å². The highest BCUT2D eigenvalue weighted by molar-refractivity contribution is 9.09. The van der Waals surface area contributed by atoms with Crippen LogP contribution in [0.5, 0.6) is 0 Å². The third-order valence-electron chi connectivity index (χ3n) is 3.46. The van der Waals surface area contributed by atoms with Gasteiger partial charge >= 0.3 is 6.09 Å². The number of piperidine rings is 1. The third kappa shape index (κ3) is 4.35. The van der Waals surface area contributed by atoms with Crippen molar-refractivity contribution in [1.82, 2.24) is 4.90 Å². The van der Waals surface area contributed by atoms with Gasteiger partial charge in [-0.3, -0.25) is 4.90 Å². The number of likely N-dealkylation sites (tertiary alicyclic amines) is 1. The predicted molar refractivity (Wildman–Crippen MR) is 77.4 cm³/mol. The molecule has 110 valence electrons. The fraction of sp³-hybridized carbons (Fsp3) is 0.929. The summed E-state index contributed by atoms with van der Waals surface area (Å²) in [5, 5.41) is 0. The molecule has 19 heavy (non-hydrogen) atoms. The van der Waals surface area contributed by atoms with Gasteiger partial charge in [-0.05, 0) is 52.9 Å². The zero-order valence-corrected chi connectivity index (χ0v) is 13.6. The molecule has 1 unspecified atom stereocenters. The minimum absolute atomic E-state index is 0.103. The Balaban J connectivity index is 1.89. The van der Waals surface area contributed by atoms with Gasteiger partial charge in [-0.25, -0.2) is 4.79 Å². The van der Waals surface area contributed by atoms with E-state index < -0.39 is 5.60 Å². The van der Waals surface area contributed by atoms with E-state index in [4.69, 9.17) is 9.47 Å². The van der Waals surface area contributed by atoms with Crippen molar-refractivity contribution in [3.05, 3.63) is 0 Å². The van der Waals surface area contributed by atoms with Crippen molar-refractivity contribution in [3.63, 3.8) is 0 Å². The van der Waals surface area contributed by atoms with Crippen molar-refractivity contribution in [3.8, 4) is 0 Å². The van der Waals surface area contributed by atoms with Gasteiger partial charge in [-0.1, -0.05) is 15.9 Å². The predicted octanol–water partition coefficient (Wildman–Crippen LogP) is 3.68. The lowest BCUT2D eigenvalue weighted by atomic mass is 9.95. The summed E-state index contributed by atoms with van der Waals surface area (Å²) < 4.78 is 11.5. The van der Waals surface area contributed by atoms with E-state index in [0.717, 1.165) is 38.6 Å². The lowest BCUT2D eigenvalue weighted by Crippen LogP contribution is -2.50. The molecule has 2 rings (SSSR count). The number of hydrogen-bond donors (Lipinski definition) is 0. The summed E-state index contributed by atoms with van der Waals surface area (Å²) >= 11 is 3.56. The standard InChI is InChI=1S/C14H24BrNO3/c1-14(2,3)19-13(17)16-7-5-4-6-12(16)18-11-8-10(15)9-11/h10-12H,4-9H2,1-3H3. The zero-order valence-electron chi connectivity index (χ0n) is 12.0. The highest BCUT2D eigenvalue weighted by atomic mass is 79.9. The number of alkyl halides is 1. The van der Waals surface area contributed by atoms with Crippen LogP contribution in [-0.2, 0) is 9.47 Å². The number of carbonyl (C=O) groups excluding carboxylic acids is 1. The summed E-state index contributed by atoms with van der Waals surface area (Å²) in [7, 11) is 0. The second-order valence-electron chi connectivity index (χ2n) is 6.45. The summed E-state index contributed by atoms with van der Waals surface area (Å²) in [4.78, 5) is 14.5. The Morgan fingerprint density at radius 2 is 1.95 bits per heavy atom. The fourth-order valence-electron chi connectivity index (χ4n) is 2.41. The van der Waals surface area contributed by atoms with Crippen LogP contribution in [0.3, 0.4) is 0 Å². The molecule has 0 spiro atoms. The lowest BCUT2D eigenvalue weighted by Gasteiger charge is -2.41. The van der Waals surface area contributed by atoms with Gasteiger partial charge in [0.15, 0.2) is 0 Å². The van der Waals surface area contributed by atoms with E-state index in [9.17, 15) is 4.79 Å². The first-order valence-electron chi connectivity index (χ1n) is 7.14. The quantitative estimate of drug-likeness (QED) is 0.723. The number of ether oxygens (including phenoxy) is 2. The molecule has 1 aliphatic carbocycles. The molecule has 4 nitrogen and oxygen atoms in total. The average Bonchev–Trinajstić information content (AvgIpc) is 2.25. The van der Waals surface area contributed by atoms with Gasteiger partial charge in [0.05, 0.1) is 6.10 Å². The Morgan fingerprint density at radius 1 is 1.26 bits per heavy atom. The summed E-state index contributed by atoms with van der Waals surface area (Å²) in [6.07, 6.45) is 5.09. The number of hydrogen-bond acceptors (Lipinski definition) is 3. The first kappa shape index (κ1) is 15.1. The number of nitrogens with zero attached hydrogens (tertiary/aromatic N) is 1. The zero-order chi connectivity index (χ0) is 14.0. The highest BCUT2D eigenvalue weighted by Crippen LogP contribution is 2.33. The minimum Gasteiger partial charge on any atom is -0.444 e. The molecular weight excluding hydrogens is 310 g/mol. The van der Waals surface area contributed by atoms with Crippen LogP contribution in [0.25, 0.3) is 0 Å². The summed E-state index contributed by atoms with van der Waals surface area (Å²) in [6, 6.07) is 0. The molecule has 1 amide bonds. The maximum atomic E-state index is 12.2. The van der Waals surface area contributed by atoms with Gasteiger partial charge in [-0.2, -0.15) is 0 Å². The first-order valence-corrected chi connectivity index (χ1v) is 8.06. The van der Waals surface area contributed by atoms with Crippen LogP contribution in [0.15, 0.2) is 0 Å². The maximum absolute atomic E-state index is 12.2. The van der Waals surface area contributed by atoms with Gasteiger partial charge in [0.25, 0.3) is 0 Å². The normalized spacial score (nSPS) is 31.8. The van der Waals surface area contributed by atoms with Gasteiger partial charge in [0.2, 0.25) is 0 Å². The summed E-state index contributed by atoms with van der Waals surface area (Å²) in [5.74, 6) is 0. The molecule has 1 atom stereocenters. The molecule has 1 saturated heterocycles. The molecule has 0 aromatic carbocycles. The van der Waals surface area contributed by atoms with Crippen LogP contribution in [-0.4, -0.2) is 40.3 Å². The summed E-state index contributed by atoms with van der Waals surface area (Å²) in [6.45, 7) is 6.42.